The minimum absolute atomic E-state index is 0.450. The van der Waals surface area contributed by atoms with Crippen molar-refractivity contribution in [2.45, 2.75) is 25.8 Å². The van der Waals surface area contributed by atoms with Gasteiger partial charge in [0.1, 0.15) is 10.8 Å². The number of sulfonamides is 1. The van der Waals surface area contributed by atoms with E-state index in [2.05, 4.69) is 35.3 Å². The van der Waals surface area contributed by atoms with Gasteiger partial charge in [-0.25, -0.2) is 13.4 Å². The first kappa shape index (κ1) is 20.1. The summed E-state index contributed by atoms with van der Waals surface area (Å²) in [7, 11) is -3.14. The molecule has 0 saturated carbocycles. The lowest BCUT2D eigenvalue weighted by Crippen LogP contribution is -2.35. The van der Waals surface area contributed by atoms with Gasteiger partial charge < -0.3 is 4.74 Å². The third kappa shape index (κ3) is 5.04. The summed E-state index contributed by atoms with van der Waals surface area (Å²) in [5.74, 6) is 0.857. The van der Waals surface area contributed by atoms with E-state index in [-0.39, 0.29) is 0 Å². The SMILES string of the molecule is CS(=O)(=O)N1CCc2cc(OCCCc3ccc(-c4nccs4)cc3)ccc2C1. The third-order valence-electron chi connectivity index (χ3n) is 5.14. The fourth-order valence-corrected chi connectivity index (χ4v) is 4.96. The molecule has 29 heavy (non-hydrogen) atoms. The molecule has 4 rings (SSSR count). The molecule has 2 aromatic carbocycles. The number of fused-ring (bicyclic) bond motifs is 1. The second kappa shape index (κ2) is 8.65. The minimum Gasteiger partial charge on any atom is -0.494 e. The molecule has 1 aliphatic heterocycles. The molecule has 0 bridgehead atoms. The van der Waals surface area contributed by atoms with E-state index in [1.54, 1.807) is 11.3 Å². The molecule has 3 aromatic rings. The molecule has 2 heterocycles. The molecule has 0 aliphatic carbocycles. The zero-order chi connectivity index (χ0) is 20.3. The fraction of sp³-hybridized carbons (Fsp3) is 0.318. The zero-order valence-corrected chi connectivity index (χ0v) is 18.0. The van der Waals surface area contributed by atoms with Crippen LogP contribution < -0.4 is 4.74 Å². The second-order valence-electron chi connectivity index (χ2n) is 7.26. The van der Waals surface area contributed by atoms with E-state index in [0.29, 0.717) is 19.7 Å². The van der Waals surface area contributed by atoms with Crippen LogP contribution in [0.5, 0.6) is 5.75 Å². The van der Waals surface area contributed by atoms with Crippen molar-refractivity contribution in [1.29, 1.82) is 0 Å². The molecule has 0 unspecified atom stereocenters. The van der Waals surface area contributed by atoms with Crippen molar-refractivity contribution in [2.24, 2.45) is 0 Å². The van der Waals surface area contributed by atoms with Crippen LogP contribution in [0.3, 0.4) is 0 Å². The van der Waals surface area contributed by atoms with Crippen molar-refractivity contribution in [3.05, 3.63) is 70.7 Å². The highest BCUT2D eigenvalue weighted by Gasteiger charge is 2.23. The summed E-state index contributed by atoms with van der Waals surface area (Å²) in [5, 5.41) is 3.04. The largest absolute Gasteiger partial charge is 0.494 e. The number of thiazole rings is 1. The van der Waals surface area contributed by atoms with Crippen molar-refractivity contribution < 1.29 is 13.2 Å². The normalized spacial score (nSPS) is 14.5. The highest BCUT2D eigenvalue weighted by atomic mass is 32.2. The summed E-state index contributed by atoms with van der Waals surface area (Å²) in [5.41, 5.74) is 4.69. The van der Waals surface area contributed by atoms with Gasteiger partial charge in [-0.15, -0.1) is 11.3 Å². The van der Waals surface area contributed by atoms with Crippen LogP contribution in [0.2, 0.25) is 0 Å². The molecule has 0 N–H and O–H groups in total. The van der Waals surface area contributed by atoms with Crippen molar-refractivity contribution in [3.8, 4) is 16.3 Å². The quantitative estimate of drug-likeness (QED) is 0.531. The molecule has 7 heteroatoms. The lowest BCUT2D eigenvalue weighted by Gasteiger charge is -2.27. The summed E-state index contributed by atoms with van der Waals surface area (Å²) in [6.45, 7) is 1.64. The number of aromatic nitrogens is 1. The van der Waals surface area contributed by atoms with E-state index in [0.717, 1.165) is 41.1 Å². The topological polar surface area (TPSA) is 59.5 Å². The lowest BCUT2D eigenvalue weighted by atomic mass is 10.0. The van der Waals surface area contributed by atoms with Gasteiger partial charge in [-0.05, 0) is 48.1 Å². The number of aryl methyl sites for hydroxylation is 1. The molecular weight excluding hydrogens is 404 g/mol. The monoisotopic (exact) mass is 428 g/mol. The van der Waals surface area contributed by atoms with Gasteiger partial charge in [0.25, 0.3) is 0 Å². The summed E-state index contributed by atoms with van der Waals surface area (Å²) in [4.78, 5) is 4.34. The molecule has 0 saturated heterocycles. The van der Waals surface area contributed by atoms with Crippen molar-refractivity contribution >= 4 is 21.4 Å². The molecule has 0 spiro atoms. The van der Waals surface area contributed by atoms with E-state index in [9.17, 15) is 8.42 Å². The van der Waals surface area contributed by atoms with Crippen LogP contribution >= 0.6 is 11.3 Å². The Balaban J connectivity index is 1.27. The average molecular weight is 429 g/mol. The summed E-state index contributed by atoms with van der Waals surface area (Å²) in [6, 6.07) is 14.5. The van der Waals surface area contributed by atoms with Crippen LogP contribution in [0, 0.1) is 0 Å². The van der Waals surface area contributed by atoms with Gasteiger partial charge in [-0.1, -0.05) is 30.3 Å². The molecular formula is C22H24N2O3S2. The van der Waals surface area contributed by atoms with Gasteiger partial charge in [0.2, 0.25) is 10.0 Å². The highest BCUT2D eigenvalue weighted by molar-refractivity contribution is 7.88. The lowest BCUT2D eigenvalue weighted by molar-refractivity contribution is 0.309. The first-order valence-electron chi connectivity index (χ1n) is 9.67. The predicted molar refractivity (Wildman–Crippen MR) is 117 cm³/mol. The molecule has 0 fully saturated rings. The van der Waals surface area contributed by atoms with Gasteiger partial charge in [-0.2, -0.15) is 4.31 Å². The Labute approximate surface area is 176 Å². The Morgan fingerprint density at radius 2 is 1.97 bits per heavy atom. The number of benzene rings is 2. The number of nitrogens with zero attached hydrogens (tertiary/aromatic N) is 2. The summed E-state index contributed by atoms with van der Waals surface area (Å²) in [6.07, 6.45) is 5.72. The Morgan fingerprint density at radius 1 is 1.14 bits per heavy atom. The van der Waals surface area contributed by atoms with Crippen LogP contribution in [-0.2, 0) is 29.4 Å². The van der Waals surface area contributed by atoms with E-state index in [4.69, 9.17) is 4.74 Å². The molecule has 1 aromatic heterocycles. The molecule has 152 valence electrons. The van der Waals surface area contributed by atoms with Crippen molar-refractivity contribution in [3.63, 3.8) is 0 Å². The summed E-state index contributed by atoms with van der Waals surface area (Å²) < 4.78 is 30.9. The van der Waals surface area contributed by atoms with Gasteiger partial charge in [0.15, 0.2) is 0 Å². The molecule has 5 nitrogen and oxygen atoms in total. The Kier molecular flexibility index (Phi) is 5.99. The van der Waals surface area contributed by atoms with Gasteiger partial charge in [0, 0.05) is 30.2 Å². The maximum Gasteiger partial charge on any atom is 0.211 e. The number of hydrogen-bond donors (Lipinski definition) is 0. The average Bonchev–Trinajstić information content (AvgIpc) is 3.25. The van der Waals surface area contributed by atoms with Crippen molar-refractivity contribution in [2.75, 3.05) is 19.4 Å². The number of hydrogen-bond acceptors (Lipinski definition) is 5. The van der Waals surface area contributed by atoms with Gasteiger partial charge in [0.05, 0.1) is 12.9 Å². The zero-order valence-electron chi connectivity index (χ0n) is 16.4. The van der Waals surface area contributed by atoms with E-state index < -0.39 is 10.0 Å². The number of rotatable bonds is 7. The molecule has 1 aliphatic rings. The maximum atomic E-state index is 11.7. The highest BCUT2D eigenvalue weighted by Crippen LogP contribution is 2.25. The minimum atomic E-state index is -3.14. The van der Waals surface area contributed by atoms with Crippen LogP contribution in [0.15, 0.2) is 54.0 Å². The molecule has 0 atom stereocenters. The van der Waals surface area contributed by atoms with E-state index in [1.807, 2.05) is 23.7 Å². The smallest absolute Gasteiger partial charge is 0.211 e. The van der Waals surface area contributed by atoms with Crippen LogP contribution in [0.25, 0.3) is 10.6 Å². The first-order chi connectivity index (χ1) is 14.0. The predicted octanol–water partition coefficient (Wildman–Crippen LogP) is 4.14. The third-order valence-corrected chi connectivity index (χ3v) is 7.21. The van der Waals surface area contributed by atoms with E-state index in [1.165, 1.54) is 21.7 Å². The fourth-order valence-electron chi connectivity index (χ4n) is 3.52. The van der Waals surface area contributed by atoms with Gasteiger partial charge in [-0.3, -0.25) is 0 Å². The van der Waals surface area contributed by atoms with Gasteiger partial charge >= 0.3 is 0 Å². The Morgan fingerprint density at radius 3 is 2.69 bits per heavy atom. The van der Waals surface area contributed by atoms with E-state index >= 15 is 0 Å². The molecule has 0 amide bonds. The number of ether oxygens (including phenoxy) is 1. The summed E-state index contributed by atoms with van der Waals surface area (Å²) >= 11 is 1.65. The second-order valence-corrected chi connectivity index (χ2v) is 10.1. The standard InChI is InChI=1S/C22H24N2O3S2/c1-29(25,26)24-12-10-19-15-21(9-8-20(19)16-24)27-13-2-3-17-4-6-18(7-5-17)22-23-11-14-28-22/h4-9,11,14-15H,2-3,10,12-13,16H2,1H3. The molecule has 0 radical (unpaired) electrons. The van der Waals surface area contributed by atoms with Crippen LogP contribution in [-0.4, -0.2) is 37.1 Å². The van der Waals surface area contributed by atoms with Crippen LogP contribution in [0.1, 0.15) is 23.1 Å². The Bertz CT molecular complexity index is 1060. The maximum absolute atomic E-state index is 11.7. The first-order valence-corrected chi connectivity index (χ1v) is 12.4. The Hall–Kier alpha value is -2.22. The van der Waals surface area contributed by atoms with Crippen molar-refractivity contribution in [1.82, 2.24) is 9.29 Å². The van der Waals surface area contributed by atoms with Crippen LogP contribution in [0.4, 0.5) is 0 Å².